The Hall–Kier alpha value is -2.84. The molecule has 2 amide bonds. The third-order valence-electron chi connectivity index (χ3n) is 3.87. The molecule has 2 heterocycles. The van der Waals surface area contributed by atoms with E-state index in [4.69, 9.17) is 0 Å². The fourth-order valence-electron chi connectivity index (χ4n) is 2.35. The molecule has 0 aliphatic rings. The number of aromatic nitrogens is 1. The number of hydrazone groups is 1. The van der Waals surface area contributed by atoms with Crippen LogP contribution in [0, 0.1) is 13.8 Å². The summed E-state index contributed by atoms with van der Waals surface area (Å²) in [6, 6.07) is 9.38. The van der Waals surface area contributed by atoms with Gasteiger partial charge < -0.3 is 0 Å². The molecule has 8 heteroatoms. The van der Waals surface area contributed by atoms with E-state index in [-0.39, 0.29) is 11.8 Å². The first-order valence-electron chi connectivity index (χ1n) is 8.16. The molecule has 0 saturated heterocycles. The van der Waals surface area contributed by atoms with Gasteiger partial charge in [0.1, 0.15) is 0 Å². The minimum absolute atomic E-state index is 0.123. The topological polar surface area (TPSA) is 74.7 Å². The molecule has 0 aliphatic heterocycles. The third-order valence-corrected chi connectivity index (χ3v) is 5.59. The van der Waals surface area contributed by atoms with Crippen molar-refractivity contribution in [3.05, 3.63) is 62.8 Å². The molecule has 138 valence electrons. The lowest BCUT2D eigenvalue weighted by atomic mass is 10.1. The van der Waals surface area contributed by atoms with E-state index in [1.54, 1.807) is 22.4 Å². The molecule has 2 aromatic heterocycles. The molecule has 1 aromatic carbocycles. The van der Waals surface area contributed by atoms with Crippen LogP contribution in [0.15, 0.2) is 46.2 Å². The molecule has 0 unspecified atom stereocenters. The normalized spacial score (nSPS) is 10.9. The van der Waals surface area contributed by atoms with Gasteiger partial charge in [-0.1, -0.05) is 12.1 Å². The first-order chi connectivity index (χ1) is 13.0. The molecule has 1 N–H and O–H groups in total. The Morgan fingerprint density at radius 3 is 2.67 bits per heavy atom. The van der Waals surface area contributed by atoms with Gasteiger partial charge in [0, 0.05) is 12.3 Å². The van der Waals surface area contributed by atoms with Crippen LogP contribution in [0.25, 0.3) is 0 Å². The molecule has 0 saturated carbocycles. The molecule has 0 spiro atoms. The lowest BCUT2D eigenvalue weighted by Crippen LogP contribution is -2.22. The number of hydrogen-bond donors (Lipinski definition) is 1. The highest BCUT2D eigenvalue weighted by Crippen LogP contribution is 2.29. The van der Waals surface area contributed by atoms with E-state index >= 15 is 0 Å². The van der Waals surface area contributed by atoms with Crippen LogP contribution in [0.5, 0.6) is 0 Å². The Morgan fingerprint density at radius 2 is 2.00 bits per heavy atom. The second kappa shape index (κ2) is 8.24. The van der Waals surface area contributed by atoms with Crippen LogP contribution in [-0.4, -0.2) is 23.0 Å². The highest BCUT2D eigenvalue weighted by Gasteiger charge is 2.18. The standard InChI is InChI=1S/C19H18N4O2S2/c1-12-6-7-16(9-13(12)2)23(14(3)24)19-21-15(11-27-19)10-20-22-18(25)17-5-4-8-26-17/h4-11H,1-3H3,(H,22,25)/b20-10-. The SMILES string of the molecule is CC(=O)N(c1ccc(C)c(C)c1)c1nc(/C=N\NC(=O)c2cccs2)cs1. The number of carbonyl (C=O) groups is 2. The Kier molecular flexibility index (Phi) is 5.78. The number of benzene rings is 1. The van der Waals surface area contributed by atoms with E-state index in [9.17, 15) is 9.59 Å². The van der Waals surface area contributed by atoms with Crippen molar-refractivity contribution in [2.45, 2.75) is 20.8 Å². The number of thiazole rings is 1. The van der Waals surface area contributed by atoms with Gasteiger partial charge in [0.15, 0.2) is 5.13 Å². The van der Waals surface area contributed by atoms with Crippen LogP contribution in [-0.2, 0) is 4.79 Å². The van der Waals surface area contributed by atoms with Crippen LogP contribution in [0.1, 0.15) is 33.4 Å². The molecule has 3 aromatic rings. The number of aryl methyl sites for hydroxylation is 2. The van der Waals surface area contributed by atoms with Crippen molar-refractivity contribution in [3.63, 3.8) is 0 Å². The number of amides is 2. The number of carbonyl (C=O) groups excluding carboxylic acids is 2. The van der Waals surface area contributed by atoms with Gasteiger partial charge in [0.05, 0.1) is 22.5 Å². The average molecular weight is 399 g/mol. The molecule has 3 rings (SSSR count). The largest absolute Gasteiger partial charge is 0.281 e. The highest BCUT2D eigenvalue weighted by molar-refractivity contribution is 7.14. The summed E-state index contributed by atoms with van der Waals surface area (Å²) in [7, 11) is 0. The summed E-state index contributed by atoms with van der Waals surface area (Å²) in [4.78, 5) is 30.6. The van der Waals surface area contributed by atoms with E-state index in [2.05, 4.69) is 15.5 Å². The van der Waals surface area contributed by atoms with Crippen molar-refractivity contribution in [2.75, 3.05) is 4.90 Å². The lowest BCUT2D eigenvalue weighted by Gasteiger charge is -2.19. The van der Waals surface area contributed by atoms with Gasteiger partial charge in [-0.2, -0.15) is 5.10 Å². The molecule has 0 fully saturated rings. The number of nitrogens with one attached hydrogen (secondary N) is 1. The van der Waals surface area contributed by atoms with Gasteiger partial charge in [-0.3, -0.25) is 14.5 Å². The van der Waals surface area contributed by atoms with Crippen LogP contribution < -0.4 is 10.3 Å². The lowest BCUT2D eigenvalue weighted by molar-refractivity contribution is -0.115. The molecular formula is C19H18N4O2S2. The monoisotopic (exact) mass is 398 g/mol. The Labute approximate surface area is 165 Å². The van der Waals surface area contributed by atoms with E-state index < -0.39 is 0 Å². The molecule has 0 radical (unpaired) electrons. The van der Waals surface area contributed by atoms with Crippen LogP contribution in [0.4, 0.5) is 10.8 Å². The van der Waals surface area contributed by atoms with Crippen molar-refractivity contribution in [2.24, 2.45) is 5.10 Å². The zero-order valence-corrected chi connectivity index (χ0v) is 16.7. The first kappa shape index (κ1) is 18.9. The maximum absolute atomic E-state index is 12.2. The molecular weight excluding hydrogens is 380 g/mol. The molecule has 0 atom stereocenters. The minimum atomic E-state index is -0.266. The quantitative estimate of drug-likeness (QED) is 0.515. The second-order valence-corrected chi connectivity index (χ2v) is 7.64. The predicted molar refractivity (Wildman–Crippen MR) is 110 cm³/mol. The Balaban J connectivity index is 1.76. The van der Waals surface area contributed by atoms with Crippen molar-refractivity contribution < 1.29 is 9.59 Å². The van der Waals surface area contributed by atoms with Crippen LogP contribution in [0.2, 0.25) is 0 Å². The van der Waals surface area contributed by atoms with E-state index in [1.165, 1.54) is 35.8 Å². The van der Waals surface area contributed by atoms with Crippen molar-refractivity contribution in [3.8, 4) is 0 Å². The molecule has 0 aliphatic carbocycles. The Bertz CT molecular complexity index is 993. The summed E-state index contributed by atoms with van der Waals surface area (Å²) >= 11 is 2.68. The van der Waals surface area contributed by atoms with Gasteiger partial charge in [-0.15, -0.1) is 22.7 Å². The first-order valence-corrected chi connectivity index (χ1v) is 9.92. The summed E-state index contributed by atoms with van der Waals surface area (Å²) in [6.07, 6.45) is 1.46. The van der Waals surface area contributed by atoms with E-state index in [0.29, 0.717) is 15.7 Å². The number of nitrogens with zero attached hydrogens (tertiary/aromatic N) is 3. The number of hydrogen-bond acceptors (Lipinski definition) is 6. The zero-order chi connectivity index (χ0) is 19.4. The zero-order valence-electron chi connectivity index (χ0n) is 15.1. The van der Waals surface area contributed by atoms with Gasteiger partial charge in [0.2, 0.25) is 5.91 Å². The van der Waals surface area contributed by atoms with Gasteiger partial charge in [-0.05, 0) is 48.6 Å². The molecule has 0 bridgehead atoms. The highest BCUT2D eigenvalue weighted by atomic mass is 32.1. The smallest absolute Gasteiger partial charge is 0.274 e. The van der Waals surface area contributed by atoms with Gasteiger partial charge in [-0.25, -0.2) is 10.4 Å². The maximum atomic E-state index is 12.2. The van der Waals surface area contributed by atoms with Crippen LogP contribution >= 0.6 is 22.7 Å². The average Bonchev–Trinajstić information content (AvgIpc) is 3.30. The summed E-state index contributed by atoms with van der Waals surface area (Å²) in [6.45, 7) is 5.54. The fraction of sp³-hybridized carbons (Fsp3) is 0.158. The van der Waals surface area contributed by atoms with Gasteiger partial charge >= 0.3 is 0 Å². The second-order valence-electron chi connectivity index (χ2n) is 5.85. The van der Waals surface area contributed by atoms with Crippen molar-refractivity contribution in [1.82, 2.24) is 10.4 Å². The van der Waals surface area contributed by atoms with Crippen molar-refractivity contribution >= 4 is 51.5 Å². The maximum Gasteiger partial charge on any atom is 0.281 e. The minimum Gasteiger partial charge on any atom is -0.274 e. The van der Waals surface area contributed by atoms with Gasteiger partial charge in [0.25, 0.3) is 5.91 Å². The van der Waals surface area contributed by atoms with E-state index in [0.717, 1.165) is 16.8 Å². The number of anilines is 2. The third kappa shape index (κ3) is 4.47. The molecule has 6 nitrogen and oxygen atoms in total. The molecule has 27 heavy (non-hydrogen) atoms. The summed E-state index contributed by atoms with van der Waals surface area (Å²) in [5.74, 6) is -0.390. The summed E-state index contributed by atoms with van der Waals surface area (Å²) in [5.41, 5.74) is 6.07. The number of thiophene rings is 1. The van der Waals surface area contributed by atoms with Crippen molar-refractivity contribution in [1.29, 1.82) is 0 Å². The fourth-order valence-corrected chi connectivity index (χ4v) is 3.80. The Morgan fingerprint density at radius 1 is 1.19 bits per heavy atom. The van der Waals surface area contributed by atoms with Crippen LogP contribution in [0.3, 0.4) is 0 Å². The summed E-state index contributed by atoms with van der Waals surface area (Å²) < 4.78 is 0. The summed E-state index contributed by atoms with van der Waals surface area (Å²) in [5, 5.41) is 8.10. The van der Waals surface area contributed by atoms with E-state index in [1.807, 2.05) is 37.4 Å². The predicted octanol–water partition coefficient (Wildman–Crippen LogP) is 4.27. The number of rotatable bonds is 5.